The van der Waals surface area contributed by atoms with E-state index >= 15 is 0 Å². The number of anilines is 2. The van der Waals surface area contributed by atoms with Gasteiger partial charge in [-0.3, -0.25) is 0 Å². The number of nitrogens with zero attached hydrogens (tertiary/aromatic N) is 2. The van der Waals surface area contributed by atoms with Crippen LogP contribution >= 0.6 is 27.3 Å². The van der Waals surface area contributed by atoms with E-state index in [4.69, 9.17) is 0 Å². The summed E-state index contributed by atoms with van der Waals surface area (Å²) in [6.07, 6.45) is 4.71. The number of fused-ring (bicyclic) bond motifs is 1. The molecule has 0 atom stereocenters. The molecule has 1 aromatic carbocycles. The van der Waals surface area contributed by atoms with Gasteiger partial charge in [0.05, 0.1) is 16.9 Å². The Morgan fingerprint density at radius 3 is 2.95 bits per heavy atom. The van der Waals surface area contributed by atoms with Crippen molar-refractivity contribution < 1.29 is 0 Å². The van der Waals surface area contributed by atoms with Gasteiger partial charge in [0.1, 0.15) is 6.07 Å². The zero-order valence-electron chi connectivity index (χ0n) is 10.2. The minimum atomic E-state index is 0.621. The van der Waals surface area contributed by atoms with Crippen LogP contribution in [0.5, 0.6) is 0 Å². The van der Waals surface area contributed by atoms with Gasteiger partial charge in [0.25, 0.3) is 0 Å². The molecule has 2 aromatic rings. The lowest BCUT2D eigenvalue weighted by Crippen LogP contribution is -1.99. The van der Waals surface area contributed by atoms with E-state index in [2.05, 4.69) is 32.3 Å². The van der Waals surface area contributed by atoms with E-state index in [1.807, 2.05) is 18.2 Å². The Bertz CT molecular complexity index is 634. The molecule has 0 aliphatic heterocycles. The van der Waals surface area contributed by atoms with Crippen molar-refractivity contribution in [1.82, 2.24) is 4.98 Å². The fourth-order valence-corrected chi connectivity index (χ4v) is 3.78. The minimum absolute atomic E-state index is 0.621. The maximum absolute atomic E-state index is 9.20. The van der Waals surface area contributed by atoms with Crippen LogP contribution in [0, 0.1) is 11.3 Å². The zero-order chi connectivity index (χ0) is 13.2. The summed E-state index contributed by atoms with van der Waals surface area (Å²) < 4.78 is 0.807. The minimum Gasteiger partial charge on any atom is -0.330 e. The molecule has 0 spiro atoms. The third kappa shape index (κ3) is 2.51. The molecular formula is C14H12BrN3S. The summed E-state index contributed by atoms with van der Waals surface area (Å²) in [6.45, 7) is 0. The predicted molar refractivity (Wildman–Crippen MR) is 80.9 cm³/mol. The second kappa shape index (κ2) is 5.32. The van der Waals surface area contributed by atoms with Gasteiger partial charge in [-0.25, -0.2) is 4.98 Å². The molecule has 0 saturated carbocycles. The number of nitriles is 1. The highest BCUT2D eigenvalue weighted by Gasteiger charge is 2.16. The van der Waals surface area contributed by atoms with Gasteiger partial charge in [0, 0.05) is 9.35 Å². The van der Waals surface area contributed by atoms with Gasteiger partial charge < -0.3 is 5.32 Å². The standard InChI is InChI=1S/C14H12BrN3S/c15-10-4-3-6-11(9(10)8-16)17-14-18-12-5-1-2-7-13(12)19-14/h3-4,6H,1-2,5,7H2,(H,17,18). The maximum Gasteiger partial charge on any atom is 0.187 e. The van der Waals surface area contributed by atoms with Crippen LogP contribution in [0.2, 0.25) is 0 Å². The second-order valence-corrected chi connectivity index (χ2v) is 6.43. The lowest BCUT2D eigenvalue weighted by atomic mass is 10.0. The summed E-state index contributed by atoms with van der Waals surface area (Å²) in [5.41, 5.74) is 2.66. The van der Waals surface area contributed by atoms with Crippen molar-refractivity contribution in [3.63, 3.8) is 0 Å². The van der Waals surface area contributed by atoms with Crippen LogP contribution in [-0.2, 0) is 12.8 Å². The first-order valence-electron chi connectivity index (χ1n) is 6.22. The maximum atomic E-state index is 9.20. The van der Waals surface area contributed by atoms with Gasteiger partial charge in [0.15, 0.2) is 5.13 Å². The van der Waals surface area contributed by atoms with Crippen molar-refractivity contribution in [3.8, 4) is 6.07 Å². The van der Waals surface area contributed by atoms with E-state index in [1.165, 1.54) is 23.4 Å². The topological polar surface area (TPSA) is 48.7 Å². The molecule has 0 radical (unpaired) electrons. The molecule has 1 aromatic heterocycles. The normalized spacial score (nSPS) is 13.7. The molecule has 0 bridgehead atoms. The summed E-state index contributed by atoms with van der Waals surface area (Å²) in [7, 11) is 0. The fraction of sp³-hybridized carbons (Fsp3) is 0.286. The lowest BCUT2D eigenvalue weighted by Gasteiger charge is -2.06. The van der Waals surface area contributed by atoms with E-state index in [0.717, 1.165) is 28.1 Å². The number of hydrogen-bond donors (Lipinski definition) is 1. The first-order valence-corrected chi connectivity index (χ1v) is 7.83. The third-order valence-electron chi connectivity index (χ3n) is 3.21. The Labute approximate surface area is 124 Å². The van der Waals surface area contributed by atoms with Gasteiger partial charge in [0.2, 0.25) is 0 Å². The molecule has 0 fully saturated rings. The Balaban J connectivity index is 1.92. The van der Waals surface area contributed by atoms with Crippen LogP contribution in [0.4, 0.5) is 10.8 Å². The quantitative estimate of drug-likeness (QED) is 0.885. The highest BCUT2D eigenvalue weighted by molar-refractivity contribution is 9.10. The number of aromatic nitrogens is 1. The van der Waals surface area contributed by atoms with Crippen LogP contribution in [-0.4, -0.2) is 4.98 Å². The van der Waals surface area contributed by atoms with Crippen molar-refractivity contribution in [3.05, 3.63) is 38.8 Å². The summed E-state index contributed by atoms with van der Waals surface area (Å²) >= 11 is 5.11. The summed E-state index contributed by atoms with van der Waals surface area (Å²) in [5, 5.41) is 13.4. The monoisotopic (exact) mass is 333 g/mol. The highest BCUT2D eigenvalue weighted by atomic mass is 79.9. The molecule has 1 aliphatic rings. The number of halogens is 1. The average Bonchev–Trinajstić information content (AvgIpc) is 2.81. The largest absolute Gasteiger partial charge is 0.330 e. The van der Waals surface area contributed by atoms with Gasteiger partial charge in [-0.15, -0.1) is 11.3 Å². The van der Waals surface area contributed by atoms with Crippen LogP contribution in [0.3, 0.4) is 0 Å². The Morgan fingerprint density at radius 1 is 1.32 bits per heavy atom. The van der Waals surface area contributed by atoms with Crippen molar-refractivity contribution in [2.24, 2.45) is 0 Å². The summed E-state index contributed by atoms with van der Waals surface area (Å²) in [4.78, 5) is 6.02. The number of rotatable bonds is 2. The van der Waals surface area contributed by atoms with Crippen molar-refractivity contribution >= 4 is 38.1 Å². The molecule has 1 N–H and O–H groups in total. The van der Waals surface area contributed by atoms with Crippen LogP contribution < -0.4 is 5.32 Å². The number of thiazole rings is 1. The van der Waals surface area contributed by atoms with E-state index in [1.54, 1.807) is 11.3 Å². The molecule has 0 saturated heterocycles. The molecular weight excluding hydrogens is 322 g/mol. The number of aryl methyl sites for hydroxylation is 2. The SMILES string of the molecule is N#Cc1c(Br)cccc1Nc1nc2c(s1)CCCC2. The van der Waals surface area contributed by atoms with Crippen molar-refractivity contribution in [1.29, 1.82) is 5.26 Å². The predicted octanol–water partition coefficient (Wildman–Crippen LogP) is 4.40. The summed E-state index contributed by atoms with van der Waals surface area (Å²) in [6, 6.07) is 7.91. The Kier molecular flexibility index (Phi) is 3.54. The van der Waals surface area contributed by atoms with Crippen molar-refractivity contribution in [2.45, 2.75) is 25.7 Å². The number of hydrogen-bond acceptors (Lipinski definition) is 4. The van der Waals surface area contributed by atoms with Gasteiger partial charge in [-0.05, 0) is 53.7 Å². The average molecular weight is 334 g/mol. The molecule has 19 heavy (non-hydrogen) atoms. The van der Waals surface area contributed by atoms with Crippen molar-refractivity contribution in [2.75, 3.05) is 5.32 Å². The van der Waals surface area contributed by atoms with Gasteiger partial charge in [-0.2, -0.15) is 5.26 Å². The Morgan fingerprint density at radius 2 is 2.16 bits per heavy atom. The van der Waals surface area contributed by atoms with Gasteiger partial charge in [-0.1, -0.05) is 6.07 Å². The van der Waals surface area contributed by atoms with E-state index in [-0.39, 0.29) is 0 Å². The first-order chi connectivity index (χ1) is 9.28. The summed E-state index contributed by atoms with van der Waals surface area (Å²) in [5.74, 6) is 0. The second-order valence-electron chi connectivity index (χ2n) is 4.50. The lowest BCUT2D eigenvalue weighted by molar-refractivity contribution is 0.683. The molecule has 1 aliphatic carbocycles. The molecule has 0 amide bonds. The third-order valence-corrected chi connectivity index (χ3v) is 4.95. The number of benzene rings is 1. The molecule has 3 rings (SSSR count). The van der Waals surface area contributed by atoms with E-state index in [0.29, 0.717) is 5.56 Å². The van der Waals surface area contributed by atoms with Gasteiger partial charge >= 0.3 is 0 Å². The van der Waals surface area contributed by atoms with Crippen LogP contribution in [0.1, 0.15) is 29.0 Å². The molecule has 0 unspecified atom stereocenters. The van der Waals surface area contributed by atoms with Crippen LogP contribution in [0.15, 0.2) is 22.7 Å². The molecule has 96 valence electrons. The van der Waals surface area contributed by atoms with Crippen LogP contribution in [0.25, 0.3) is 0 Å². The Hall–Kier alpha value is -1.38. The van der Waals surface area contributed by atoms with E-state index < -0.39 is 0 Å². The number of nitrogens with one attached hydrogen (secondary N) is 1. The smallest absolute Gasteiger partial charge is 0.187 e. The molecule has 5 heteroatoms. The molecule has 3 nitrogen and oxygen atoms in total. The van der Waals surface area contributed by atoms with E-state index in [9.17, 15) is 5.26 Å². The zero-order valence-corrected chi connectivity index (χ0v) is 12.6. The molecule has 1 heterocycles. The highest BCUT2D eigenvalue weighted by Crippen LogP contribution is 2.33. The first kappa shape index (κ1) is 12.6. The fourth-order valence-electron chi connectivity index (χ4n) is 2.26.